The number of carbonyl (C=O) groups is 1. The molecule has 0 unspecified atom stereocenters. The lowest BCUT2D eigenvalue weighted by atomic mass is 10.1. The summed E-state index contributed by atoms with van der Waals surface area (Å²) in [6, 6.07) is 3.91. The third kappa shape index (κ3) is 2.67. The quantitative estimate of drug-likeness (QED) is 0.769. The van der Waals surface area contributed by atoms with Gasteiger partial charge in [-0.15, -0.1) is 0 Å². The summed E-state index contributed by atoms with van der Waals surface area (Å²) in [4.78, 5) is 11.1. The number of halogens is 3. The van der Waals surface area contributed by atoms with Crippen molar-refractivity contribution in [2.24, 2.45) is 0 Å². The highest BCUT2D eigenvalue weighted by Gasteiger charge is 2.15. The summed E-state index contributed by atoms with van der Waals surface area (Å²) in [6.45, 7) is -1.82. The molecular weight excluding hydrogens is 240 g/mol. The molecular formula is C10H6ClF2NO2. The molecule has 0 heterocycles. The Bertz CT molecular complexity index is 469. The normalized spacial score (nSPS) is 10.0. The van der Waals surface area contributed by atoms with E-state index in [-0.39, 0.29) is 21.9 Å². The number of nitriles is 1. The van der Waals surface area contributed by atoms with Gasteiger partial charge >= 0.3 is 6.61 Å². The van der Waals surface area contributed by atoms with Gasteiger partial charge in [0.2, 0.25) is 0 Å². The second-order valence-electron chi connectivity index (χ2n) is 2.87. The molecule has 0 spiro atoms. The molecule has 0 amide bonds. The Morgan fingerprint density at radius 2 is 2.19 bits per heavy atom. The van der Waals surface area contributed by atoms with Crippen LogP contribution in [0.1, 0.15) is 22.8 Å². The van der Waals surface area contributed by atoms with Crippen LogP contribution in [-0.2, 0) is 0 Å². The predicted octanol–water partition coefficient (Wildman–Crippen LogP) is 3.02. The van der Waals surface area contributed by atoms with E-state index in [0.717, 1.165) is 12.1 Å². The van der Waals surface area contributed by atoms with Gasteiger partial charge in [-0.05, 0) is 19.1 Å². The van der Waals surface area contributed by atoms with Gasteiger partial charge in [-0.25, -0.2) is 0 Å². The van der Waals surface area contributed by atoms with Crippen LogP contribution >= 0.6 is 11.6 Å². The summed E-state index contributed by atoms with van der Waals surface area (Å²) < 4.78 is 28.1. The number of Topliss-reactive ketones (excluding diaryl/α,β-unsaturated/α-hetero) is 1. The van der Waals surface area contributed by atoms with Crippen LogP contribution in [0.2, 0.25) is 5.02 Å². The Balaban J connectivity index is 3.29. The molecule has 0 aromatic heterocycles. The lowest BCUT2D eigenvalue weighted by Crippen LogP contribution is -2.05. The van der Waals surface area contributed by atoms with E-state index < -0.39 is 12.4 Å². The summed E-state index contributed by atoms with van der Waals surface area (Å²) in [7, 11) is 0. The molecule has 84 valence electrons. The standard InChI is InChI=1S/C10H6ClF2NO2/c1-5(15)7-3-9(16-10(12)13)8(11)2-6(7)4-14/h2-3,10H,1H3. The van der Waals surface area contributed by atoms with Gasteiger partial charge in [-0.2, -0.15) is 14.0 Å². The molecule has 3 nitrogen and oxygen atoms in total. The van der Waals surface area contributed by atoms with E-state index in [1.165, 1.54) is 6.92 Å². The minimum absolute atomic E-state index is 0.00236. The molecule has 0 radical (unpaired) electrons. The first-order valence-electron chi connectivity index (χ1n) is 4.15. The molecule has 0 aliphatic heterocycles. The van der Waals surface area contributed by atoms with Crippen LogP contribution < -0.4 is 4.74 Å². The molecule has 0 aliphatic carbocycles. The van der Waals surface area contributed by atoms with E-state index in [1.807, 2.05) is 0 Å². The van der Waals surface area contributed by atoms with Gasteiger partial charge in [0.25, 0.3) is 0 Å². The zero-order chi connectivity index (χ0) is 12.3. The minimum Gasteiger partial charge on any atom is -0.433 e. The maximum Gasteiger partial charge on any atom is 0.387 e. The molecule has 1 aromatic rings. The molecule has 0 aliphatic rings. The first-order chi connectivity index (χ1) is 7.45. The summed E-state index contributed by atoms with van der Waals surface area (Å²) in [6.07, 6.45) is 0. The first kappa shape index (κ1) is 12.4. The van der Waals surface area contributed by atoms with Crippen molar-refractivity contribution in [3.05, 3.63) is 28.3 Å². The Labute approximate surface area is 95.2 Å². The Morgan fingerprint density at radius 3 is 2.62 bits per heavy atom. The second kappa shape index (κ2) is 4.90. The number of alkyl halides is 2. The number of hydrogen-bond acceptors (Lipinski definition) is 3. The van der Waals surface area contributed by atoms with E-state index >= 15 is 0 Å². The number of ketones is 1. The number of nitrogens with zero attached hydrogens (tertiary/aromatic N) is 1. The summed E-state index contributed by atoms with van der Waals surface area (Å²) in [5, 5.41) is 8.58. The average molecular weight is 246 g/mol. The molecule has 0 atom stereocenters. The van der Waals surface area contributed by atoms with Crippen LogP contribution in [0.5, 0.6) is 5.75 Å². The lowest BCUT2D eigenvalue weighted by molar-refractivity contribution is -0.0498. The molecule has 6 heteroatoms. The second-order valence-corrected chi connectivity index (χ2v) is 3.28. The van der Waals surface area contributed by atoms with Crippen molar-refractivity contribution in [2.45, 2.75) is 13.5 Å². The number of carbonyl (C=O) groups excluding carboxylic acids is 1. The van der Waals surface area contributed by atoms with Crippen LogP contribution in [0, 0.1) is 11.3 Å². The fourth-order valence-electron chi connectivity index (χ4n) is 1.12. The molecule has 0 bridgehead atoms. The highest BCUT2D eigenvalue weighted by atomic mass is 35.5. The fraction of sp³-hybridized carbons (Fsp3) is 0.200. The van der Waals surface area contributed by atoms with E-state index in [1.54, 1.807) is 6.07 Å². The topological polar surface area (TPSA) is 50.1 Å². The van der Waals surface area contributed by atoms with Gasteiger partial charge in [-0.1, -0.05) is 11.6 Å². The molecule has 16 heavy (non-hydrogen) atoms. The molecule has 1 rings (SSSR count). The van der Waals surface area contributed by atoms with E-state index in [2.05, 4.69) is 4.74 Å². The van der Waals surface area contributed by atoms with Gasteiger partial charge in [0.15, 0.2) is 5.78 Å². The van der Waals surface area contributed by atoms with Gasteiger partial charge in [0, 0.05) is 5.56 Å². The van der Waals surface area contributed by atoms with Crippen LogP contribution in [0.15, 0.2) is 12.1 Å². The molecule has 0 saturated carbocycles. The Hall–Kier alpha value is -1.67. The third-order valence-electron chi connectivity index (χ3n) is 1.79. The van der Waals surface area contributed by atoms with Crippen molar-refractivity contribution >= 4 is 17.4 Å². The van der Waals surface area contributed by atoms with Crippen molar-refractivity contribution in [1.82, 2.24) is 0 Å². The number of benzene rings is 1. The first-order valence-corrected chi connectivity index (χ1v) is 4.53. The van der Waals surface area contributed by atoms with Crippen molar-refractivity contribution in [3.8, 4) is 11.8 Å². The lowest BCUT2D eigenvalue weighted by Gasteiger charge is -2.08. The monoisotopic (exact) mass is 245 g/mol. The fourth-order valence-corrected chi connectivity index (χ4v) is 1.33. The molecule has 0 fully saturated rings. The zero-order valence-corrected chi connectivity index (χ0v) is 8.89. The number of rotatable bonds is 3. The van der Waals surface area contributed by atoms with E-state index in [9.17, 15) is 13.6 Å². The summed E-state index contributed by atoms with van der Waals surface area (Å²) in [5.41, 5.74) is 0.0293. The van der Waals surface area contributed by atoms with Crippen molar-refractivity contribution < 1.29 is 18.3 Å². The van der Waals surface area contributed by atoms with Gasteiger partial charge in [-0.3, -0.25) is 4.79 Å². The highest BCUT2D eigenvalue weighted by molar-refractivity contribution is 6.32. The van der Waals surface area contributed by atoms with Crippen molar-refractivity contribution in [1.29, 1.82) is 5.26 Å². The van der Waals surface area contributed by atoms with Crippen molar-refractivity contribution in [3.63, 3.8) is 0 Å². The minimum atomic E-state index is -3.04. The third-order valence-corrected chi connectivity index (χ3v) is 2.08. The summed E-state index contributed by atoms with van der Waals surface area (Å²) >= 11 is 5.61. The largest absolute Gasteiger partial charge is 0.433 e. The highest BCUT2D eigenvalue weighted by Crippen LogP contribution is 2.29. The van der Waals surface area contributed by atoms with E-state index in [4.69, 9.17) is 16.9 Å². The molecule has 0 N–H and O–H groups in total. The maximum absolute atomic E-state index is 12.0. The maximum atomic E-state index is 12.0. The van der Waals surface area contributed by atoms with Crippen LogP contribution in [-0.4, -0.2) is 12.4 Å². The van der Waals surface area contributed by atoms with Crippen LogP contribution in [0.3, 0.4) is 0 Å². The van der Waals surface area contributed by atoms with Gasteiger partial charge in [0.05, 0.1) is 16.7 Å². The zero-order valence-electron chi connectivity index (χ0n) is 8.13. The van der Waals surface area contributed by atoms with Crippen LogP contribution in [0.25, 0.3) is 0 Å². The predicted molar refractivity (Wildman–Crippen MR) is 52.8 cm³/mol. The smallest absolute Gasteiger partial charge is 0.387 e. The summed E-state index contributed by atoms with van der Waals surface area (Å²) in [5.74, 6) is -0.742. The van der Waals surface area contributed by atoms with E-state index in [0.29, 0.717) is 0 Å². The number of ether oxygens (including phenoxy) is 1. The van der Waals surface area contributed by atoms with Gasteiger partial charge < -0.3 is 4.74 Å². The Morgan fingerprint density at radius 1 is 1.56 bits per heavy atom. The van der Waals surface area contributed by atoms with Crippen molar-refractivity contribution in [2.75, 3.05) is 0 Å². The molecule has 1 aromatic carbocycles. The SMILES string of the molecule is CC(=O)c1cc(OC(F)F)c(Cl)cc1C#N. The van der Waals surface area contributed by atoms with Gasteiger partial charge in [0.1, 0.15) is 5.75 Å². The average Bonchev–Trinajstić information content (AvgIpc) is 2.19. The molecule has 0 saturated heterocycles. The number of hydrogen-bond donors (Lipinski definition) is 0. The Kier molecular flexibility index (Phi) is 3.80. The van der Waals surface area contributed by atoms with Crippen LogP contribution in [0.4, 0.5) is 8.78 Å².